The summed E-state index contributed by atoms with van der Waals surface area (Å²) in [5.74, 6) is 0. The molecule has 64 valence electrons. The number of fused-ring (bicyclic) bond motifs is 1. The van der Waals surface area contributed by atoms with Crippen LogP contribution >= 0.6 is 0 Å². The molecule has 0 spiro atoms. The molecular formula is C9H11NO2. The largest absolute Gasteiger partial charge is 0.393 e. The minimum Gasteiger partial charge on any atom is -0.393 e. The standard InChI is InChI=1S/C9H11NO2/c11-5-7-3-6-1-2-8(12)4-9(6)10-7/h3,5,8,10,12H,1-2,4H2. The van der Waals surface area contributed by atoms with Gasteiger partial charge in [-0.2, -0.15) is 0 Å². The zero-order chi connectivity index (χ0) is 8.55. The molecule has 0 aromatic carbocycles. The van der Waals surface area contributed by atoms with Gasteiger partial charge in [0, 0.05) is 12.1 Å². The van der Waals surface area contributed by atoms with Gasteiger partial charge in [0.25, 0.3) is 0 Å². The summed E-state index contributed by atoms with van der Waals surface area (Å²) >= 11 is 0. The Morgan fingerprint density at radius 1 is 1.67 bits per heavy atom. The van der Waals surface area contributed by atoms with Gasteiger partial charge in [0.15, 0.2) is 6.29 Å². The van der Waals surface area contributed by atoms with Crippen LogP contribution in [0.2, 0.25) is 0 Å². The third-order valence-electron chi connectivity index (χ3n) is 2.33. The monoisotopic (exact) mass is 165 g/mol. The van der Waals surface area contributed by atoms with Gasteiger partial charge in [-0.15, -0.1) is 0 Å². The summed E-state index contributed by atoms with van der Waals surface area (Å²) < 4.78 is 0. The van der Waals surface area contributed by atoms with E-state index in [2.05, 4.69) is 4.98 Å². The molecule has 0 saturated carbocycles. The van der Waals surface area contributed by atoms with Gasteiger partial charge >= 0.3 is 0 Å². The molecule has 1 heterocycles. The molecule has 0 bridgehead atoms. The number of carbonyl (C=O) groups excluding carboxylic acids is 1. The maximum absolute atomic E-state index is 10.4. The fourth-order valence-electron chi connectivity index (χ4n) is 1.69. The first-order valence-corrected chi connectivity index (χ1v) is 4.13. The second kappa shape index (κ2) is 2.75. The summed E-state index contributed by atoms with van der Waals surface area (Å²) in [6.07, 6.45) is 2.91. The summed E-state index contributed by atoms with van der Waals surface area (Å²) in [4.78, 5) is 13.4. The summed E-state index contributed by atoms with van der Waals surface area (Å²) in [5, 5.41) is 9.33. The Bertz CT molecular complexity index is 303. The van der Waals surface area contributed by atoms with E-state index in [0.717, 1.165) is 24.8 Å². The van der Waals surface area contributed by atoms with Crippen LogP contribution in [-0.2, 0) is 12.8 Å². The number of aliphatic hydroxyl groups is 1. The molecule has 3 nitrogen and oxygen atoms in total. The smallest absolute Gasteiger partial charge is 0.166 e. The van der Waals surface area contributed by atoms with Crippen LogP contribution in [0.15, 0.2) is 6.07 Å². The van der Waals surface area contributed by atoms with Gasteiger partial charge in [-0.25, -0.2) is 0 Å². The molecule has 12 heavy (non-hydrogen) atoms. The van der Waals surface area contributed by atoms with E-state index in [9.17, 15) is 9.90 Å². The van der Waals surface area contributed by atoms with Crippen LogP contribution in [0.25, 0.3) is 0 Å². The van der Waals surface area contributed by atoms with Crippen LogP contribution in [0.3, 0.4) is 0 Å². The van der Waals surface area contributed by atoms with Gasteiger partial charge in [0.1, 0.15) is 0 Å². The highest BCUT2D eigenvalue weighted by Gasteiger charge is 2.18. The lowest BCUT2D eigenvalue weighted by atomic mass is 9.96. The van der Waals surface area contributed by atoms with Crippen LogP contribution in [-0.4, -0.2) is 22.5 Å². The fraction of sp³-hybridized carbons (Fsp3) is 0.444. The number of H-pyrrole nitrogens is 1. The average Bonchev–Trinajstić information content (AvgIpc) is 2.46. The van der Waals surface area contributed by atoms with E-state index in [4.69, 9.17) is 0 Å². The molecule has 0 aliphatic heterocycles. The van der Waals surface area contributed by atoms with Crippen molar-refractivity contribution in [1.29, 1.82) is 0 Å². The van der Waals surface area contributed by atoms with Crippen molar-refractivity contribution in [1.82, 2.24) is 4.98 Å². The molecule has 1 atom stereocenters. The fourth-order valence-corrected chi connectivity index (χ4v) is 1.69. The number of hydrogen-bond acceptors (Lipinski definition) is 2. The van der Waals surface area contributed by atoms with Crippen molar-refractivity contribution in [3.8, 4) is 0 Å². The molecule has 3 heteroatoms. The second-order valence-corrected chi connectivity index (χ2v) is 3.24. The average molecular weight is 165 g/mol. The van der Waals surface area contributed by atoms with Crippen LogP contribution in [0, 0.1) is 0 Å². The van der Waals surface area contributed by atoms with Gasteiger partial charge in [-0.05, 0) is 24.5 Å². The molecular weight excluding hydrogens is 154 g/mol. The van der Waals surface area contributed by atoms with Crippen LogP contribution < -0.4 is 0 Å². The Morgan fingerprint density at radius 2 is 2.50 bits per heavy atom. The van der Waals surface area contributed by atoms with Crippen molar-refractivity contribution in [3.63, 3.8) is 0 Å². The summed E-state index contributed by atoms with van der Waals surface area (Å²) in [7, 11) is 0. The maximum atomic E-state index is 10.4. The first-order chi connectivity index (χ1) is 5.79. The maximum Gasteiger partial charge on any atom is 0.166 e. The highest BCUT2D eigenvalue weighted by molar-refractivity contribution is 5.72. The number of aromatic amines is 1. The Balaban J connectivity index is 2.34. The SMILES string of the molecule is O=Cc1cc2c([nH]1)CC(O)CC2. The number of hydrogen-bond donors (Lipinski definition) is 2. The lowest BCUT2D eigenvalue weighted by Gasteiger charge is -2.16. The van der Waals surface area contributed by atoms with E-state index in [1.807, 2.05) is 6.07 Å². The van der Waals surface area contributed by atoms with Crippen molar-refractivity contribution in [2.24, 2.45) is 0 Å². The molecule has 0 fully saturated rings. The van der Waals surface area contributed by atoms with Crippen LogP contribution in [0.1, 0.15) is 28.2 Å². The first kappa shape index (κ1) is 7.55. The Kier molecular flexibility index (Phi) is 1.73. The van der Waals surface area contributed by atoms with Crippen molar-refractivity contribution < 1.29 is 9.90 Å². The molecule has 1 aromatic heterocycles. The molecule has 2 N–H and O–H groups in total. The minimum absolute atomic E-state index is 0.240. The first-order valence-electron chi connectivity index (χ1n) is 4.13. The van der Waals surface area contributed by atoms with Crippen molar-refractivity contribution in [2.45, 2.75) is 25.4 Å². The van der Waals surface area contributed by atoms with Crippen LogP contribution in [0.4, 0.5) is 0 Å². The predicted molar refractivity (Wildman–Crippen MR) is 44.2 cm³/mol. The number of aromatic nitrogens is 1. The number of aryl methyl sites for hydroxylation is 1. The normalized spacial score (nSPS) is 21.9. The van der Waals surface area contributed by atoms with Gasteiger partial charge < -0.3 is 10.1 Å². The minimum atomic E-state index is -0.240. The molecule has 1 unspecified atom stereocenters. The highest BCUT2D eigenvalue weighted by Crippen LogP contribution is 2.21. The van der Waals surface area contributed by atoms with Gasteiger partial charge in [-0.3, -0.25) is 4.79 Å². The zero-order valence-corrected chi connectivity index (χ0v) is 6.71. The lowest BCUT2D eigenvalue weighted by Crippen LogP contribution is -2.17. The zero-order valence-electron chi connectivity index (χ0n) is 6.71. The van der Waals surface area contributed by atoms with Crippen molar-refractivity contribution in [2.75, 3.05) is 0 Å². The van der Waals surface area contributed by atoms with Gasteiger partial charge in [0.05, 0.1) is 11.8 Å². The van der Waals surface area contributed by atoms with Gasteiger partial charge in [-0.1, -0.05) is 0 Å². The number of aliphatic hydroxyl groups excluding tert-OH is 1. The summed E-state index contributed by atoms with van der Waals surface area (Å²) in [5.41, 5.74) is 2.83. The van der Waals surface area contributed by atoms with Crippen LogP contribution in [0.5, 0.6) is 0 Å². The van der Waals surface area contributed by atoms with E-state index >= 15 is 0 Å². The Hall–Kier alpha value is -1.09. The Morgan fingerprint density at radius 3 is 3.25 bits per heavy atom. The second-order valence-electron chi connectivity index (χ2n) is 3.24. The highest BCUT2D eigenvalue weighted by atomic mass is 16.3. The molecule has 1 aromatic rings. The van der Waals surface area contributed by atoms with Crippen molar-refractivity contribution >= 4 is 6.29 Å². The van der Waals surface area contributed by atoms with E-state index in [1.54, 1.807) is 0 Å². The quantitative estimate of drug-likeness (QED) is 0.601. The predicted octanol–water partition coefficient (Wildman–Crippen LogP) is 0.677. The molecule has 0 amide bonds. The van der Waals surface area contributed by atoms with E-state index < -0.39 is 0 Å². The number of nitrogens with one attached hydrogen (secondary N) is 1. The molecule has 0 radical (unpaired) electrons. The Labute approximate surface area is 70.4 Å². The third-order valence-corrected chi connectivity index (χ3v) is 2.33. The number of rotatable bonds is 1. The van der Waals surface area contributed by atoms with Crippen molar-refractivity contribution in [3.05, 3.63) is 23.0 Å². The topological polar surface area (TPSA) is 53.1 Å². The summed E-state index contributed by atoms with van der Waals surface area (Å²) in [6, 6.07) is 1.87. The molecule has 1 aliphatic carbocycles. The van der Waals surface area contributed by atoms with E-state index in [-0.39, 0.29) is 6.10 Å². The van der Waals surface area contributed by atoms with E-state index in [0.29, 0.717) is 12.1 Å². The van der Waals surface area contributed by atoms with Gasteiger partial charge in [0.2, 0.25) is 0 Å². The third kappa shape index (κ3) is 1.16. The lowest BCUT2D eigenvalue weighted by molar-refractivity contribution is 0.111. The summed E-state index contributed by atoms with van der Waals surface area (Å²) in [6.45, 7) is 0. The molecule has 0 saturated heterocycles. The molecule has 1 aliphatic rings. The van der Waals surface area contributed by atoms with E-state index in [1.165, 1.54) is 5.56 Å². The number of carbonyl (C=O) groups is 1. The molecule has 2 rings (SSSR count). The number of aldehydes is 1.